The molecule has 0 aromatic heterocycles. The molecule has 0 saturated heterocycles. The second-order valence-corrected chi connectivity index (χ2v) is 7.25. The van der Waals surface area contributed by atoms with E-state index in [4.69, 9.17) is 4.74 Å². The highest BCUT2D eigenvalue weighted by Crippen LogP contribution is 2.25. The molecule has 0 bridgehead atoms. The maximum absolute atomic E-state index is 11.5. The molecular formula is C18H23NO4S. The topological polar surface area (TPSA) is 75.6 Å². The Kier molecular flexibility index (Phi) is 5.99. The number of methoxy groups -OCH3 is 1. The average Bonchev–Trinajstić information content (AvgIpc) is 2.54. The van der Waals surface area contributed by atoms with E-state index in [2.05, 4.69) is 24.4 Å². The van der Waals surface area contributed by atoms with Crippen LogP contribution in [-0.2, 0) is 16.5 Å². The van der Waals surface area contributed by atoms with Crippen molar-refractivity contribution in [2.24, 2.45) is 0 Å². The second-order valence-electron chi connectivity index (χ2n) is 5.86. The molecule has 0 radical (unpaired) electrons. The lowest BCUT2D eigenvalue weighted by Gasteiger charge is -2.21. The van der Waals surface area contributed by atoms with Crippen LogP contribution in [0.5, 0.6) is 5.75 Å². The summed E-state index contributed by atoms with van der Waals surface area (Å²) in [6, 6.07) is 15.2. The molecule has 0 saturated carbocycles. The first-order chi connectivity index (χ1) is 11.3. The summed E-state index contributed by atoms with van der Waals surface area (Å²) < 4.78 is 37.3. The molecule has 24 heavy (non-hydrogen) atoms. The van der Waals surface area contributed by atoms with Gasteiger partial charge in [0.05, 0.1) is 7.11 Å². The third-order valence-electron chi connectivity index (χ3n) is 3.88. The van der Waals surface area contributed by atoms with Crippen LogP contribution in [0.3, 0.4) is 0 Å². The largest absolute Gasteiger partial charge is 0.495 e. The number of rotatable bonds is 7. The normalized spacial score (nSPS) is 14.2. The minimum absolute atomic E-state index is 0.128. The van der Waals surface area contributed by atoms with Crippen molar-refractivity contribution in [1.29, 1.82) is 0 Å². The van der Waals surface area contributed by atoms with Crippen molar-refractivity contribution in [3.8, 4) is 5.75 Å². The van der Waals surface area contributed by atoms with Gasteiger partial charge in [-0.3, -0.25) is 4.55 Å². The molecule has 0 aliphatic heterocycles. The zero-order valence-electron chi connectivity index (χ0n) is 14.1. The van der Waals surface area contributed by atoms with Gasteiger partial charge in [0.25, 0.3) is 10.1 Å². The van der Waals surface area contributed by atoms with Crippen molar-refractivity contribution in [3.63, 3.8) is 0 Å². The van der Waals surface area contributed by atoms with Gasteiger partial charge in [0, 0.05) is 12.1 Å². The summed E-state index contributed by atoms with van der Waals surface area (Å²) in [6.45, 7) is 4.13. The van der Waals surface area contributed by atoms with Crippen molar-refractivity contribution in [3.05, 3.63) is 59.7 Å². The van der Waals surface area contributed by atoms with Crippen molar-refractivity contribution in [2.75, 3.05) is 7.11 Å². The highest BCUT2D eigenvalue weighted by Gasteiger charge is 2.18. The molecule has 0 spiro atoms. The van der Waals surface area contributed by atoms with Gasteiger partial charge in [-0.1, -0.05) is 36.4 Å². The monoisotopic (exact) mass is 349 g/mol. The molecule has 2 N–H and O–H groups in total. The first-order valence-corrected chi connectivity index (χ1v) is 9.20. The number of benzene rings is 2. The molecule has 130 valence electrons. The molecule has 2 aromatic rings. The van der Waals surface area contributed by atoms with Crippen LogP contribution in [-0.4, -0.2) is 26.1 Å². The fraction of sp³-hybridized carbons (Fsp3) is 0.333. The van der Waals surface area contributed by atoms with Crippen molar-refractivity contribution < 1.29 is 17.7 Å². The van der Waals surface area contributed by atoms with E-state index >= 15 is 0 Å². The summed E-state index contributed by atoms with van der Waals surface area (Å²) in [7, 11) is -2.94. The number of hydrogen-bond donors (Lipinski definition) is 2. The Bertz CT molecular complexity index is 775. The van der Waals surface area contributed by atoms with Crippen LogP contribution in [0.15, 0.2) is 53.4 Å². The second kappa shape index (κ2) is 7.79. The fourth-order valence-corrected chi connectivity index (χ4v) is 3.43. The summed E-state index contributed by atoms with van der Waals surface area (Å²) in [5.41, 5.74) is 2.00. The van der Waals surface area contributed by atoms with E-state index in [0.717, 1.165) is 5.56 Å². The van der Waals surface area contributed by atoms with Crippen LogP contribution in [0, 0.1) is 0 Å². The Morgan fingerprint density at radius 1 is 1.12 bits per heavy atom. The summed E-state index contributed by atoms with van der Waals surface area (Å²) in [5, 5.41) is 3.49. The van der Waals surface area contributed by atoms with E-state index in [0.29, 0.717) is 6.42 Å². The molecule has 2 atom stereocenters. The highest BCUT2D eigenvalue weighted by atomic mass is 32.2. The van der Waals surface area contributed by atoms with E-state index in [1.54, 1.807) is 12.1 Å². The molecule has 1 unspecified atom stereocenters. The third kappa shape index (κ3) is 4.80. The molecule has 5 nitrogen and oxygen atoms in total. The minimum Gasteiger partial charge on any atom is -0.495 e. The molecule has 2 aromatic carbocycles. The van der Waals surface area contributed by atoms with Crippen LogP contribution in [0.4, 0.5) is 0 Å². The van der Waals surface area contributed by atoms with E-state index in [1.807, 2.05) is 25.1 Å². The summed E-state index contributed by atoms with van der Waals surface area (Å²) in [5.74, 6) is 0.138. The van der Waals surface area contributed by atoms with Crippen molar-refractivity contribution in [1.82, 2.24) is 5.32 Å². The fourth-order valence-electron chi connectivity index (χ4n) is 2.73. The molecule has 2 rings (SSSR count). The van der Waals surface area contributed by atoms with Gasteiger partial charge in [-0.05, 0) is 43.5 Å². The number of ether oxygens (including phenoxy) is 1. The Labute approximate surface area is 143 Å². The highest BCUT2D eigenvalue weighted by molar-refractivity contribution is 7.86. The first kappa shape index (κ1) is 18.4. The lowest BCUT2D eigenvalue weighted by Crippen LogP contribution is -2.30. The van der Waals surface area contributed by atoms with Crippen molar-refractivity contribution >= 4 is 10.1 Å². The van der Waals surface area contributed by atoms with E-state index in [-0.39, 0.29) is 22.7 Å². The molecule has 0 fully saturated rings. The summed E-state index contributed by atoms with van der Waals surface area (Å²) in [4.78, 5) is -0.203. The molecule has 0 aliphatic carbocycles. The zero-order chi connectivity index (χ0) is 17.7. The van der Waals surface area contributed by atoms with E-state index in [9.17, 15) is 13.0 Å². The van der Waals surface area contributed by atoms with E-state index < -0.39 is 10.1 Å². The average molecular weight is 349 g/mol. The quantitative estimate of drug-likeness (QED) is 0.751. The molecule has 6 heteroatoms. The number of nitrogens with one attached hydrogen (secondary N) is 1. The number of hydrogen-bond acceptors (Lipinski definition) is 4. The third-order valence-corrected chi connectivity index (χ3v) is 4.76. The van der Waals surface area contributed by atoms with Gasteiger partial charge in [0.2, 0.25) is 0 Å². The molecule has 0 heterocycles. The molecule has 0 amide bonds. The van der Waals surface area contributed by atoms with Gasteiger partial charge in [-0.15, -0.1) is 0 Å². The Morgan fingerprint density at radius 3 is 2.38 bits per heavy atom. The van der Waals surface area contributed by atoms with Crippen LogP contribution in [0.2, 0.25) is 0 Å². The van der Waals surface area contributed by atoms with Gasteiger partial charge in [-0.25, -0.2) is 0 Å². The molecular weight excluding hydrogens is 326 g/mol. The minimum atomic E-state index is -4.32. The summed E-state index contributed by atoms with van der Waals surface area (Å²) in [6.07, 6.45) is 0.629. The van der Waals surface area contributed by atoms with Gasteiger partial charge >= 0.3 is 0 Å². The first-order valence-electron chi connectivity index (χ1n) is 7.76. The smallest absolute Gasteiger partial charge is 0.298 e. The predicted octanol–water partition coefficient (Wildman–Crippen LogP) is 3.22. The zero-order valence-corrected chi connectivity index (χ0v) is 14.9. The van der Waals surface area contributed by atoms with Crippen LogP contribution >= 0.6 is 0 Å². The van der Waals surface area contributed by atoms with Gasteiger partial charge in [0.15, 0.2) is 0 Å². The standard InChI is InChI=1S/C18H23NO4S/c1-13(19-14(2)16-7-5-4-6-8-16)11-15-9-10-17(23-3)18(12-15)24(20,21)22/h4-10,12-14,19H,11H2,1-3H3,(H,20,21,22)/t13?,14-/m1/s1. The van der Waals surface area contributed by atoms with Crippen molar-refractivity contribution in [2.45, 2.75) is 37.2 Å². The lowest BCUT2D eigenvalue weighted by atomic mass is 10.0. The molecule has 0 aliphatic rings. The maximum Gasteiger partial charge on any atom is 0.298 e. The maximum atomic E-state index is 11.5. The Hall–Kier alpha value is -1.89. The van der Waals surface area contributed by atoms with Crippen LogP contribution in [0.25, 0.3) is 0 Å². The Morgan fingerprint density at radius 2 is 1.79 bits per heavy atom. The van der Waals surface area contributed by atoms with Crippen LogP contribution in [0.1, 0.15) is 31.0 Å². The van der Waals surface area contributed by atoms with Gasteiger partial charge < -0.3 is 10.1 Å². The Balaban J connectivity index is 2.10. The summed E-state index contributed by atoms with van der Waals surface area (Å²) >= 11 is 0. The van der Waals surface area contributed by atoms with E-state index in [1.165, 1.54) is 18.7 Å². The van der Waals surface area contributed by atoms with Crippen LogP contribution < -0.4 is 10.1 Å². The van der Waals surface area contributed by atoms with Gasteiger partial charge in [0.1, 0.15) is 10.6 Å². The lowest BCUT2D eigenvalue weighted by molar-refractivity contribution is 0.397. The van der Waals surface area contributed by atoms with Gasteiger partial charge in [-0.2, -0.15) is 8.42 Å². The SMILES string of the molecule is COc1ccc(CC(C)N[C@H](C)c2ccccc2)cc1S(=O)(=O)O. The predicted molar refractivity (Wildman–Crippen MR) is 94.0 cm³/mol.